The van der Waals surface area contributed by atoms with Gasteiger partial charge in [-0.15, -0.1) is 12.4 Å². The van der Waals surface area contributed by atoms with Crippen LogP contribution in [0.4, 0.5) is 0 Å². The zero-order valence-electron chi connectivity index (χ0n) is 6.11. The SMILES string of the molecule is Cl.O=C(O)Cc1cc[nH]c(=O)c1. The van der Waals surface area contributed by atoms with Crippen LogP contribution in [0.5, 0.6) is 0 Å². The van der Waals surface area contributed by atoms with Crippen molar-refractivity contribution in [3.8, 4) is 0 Å². The van der Waals surface area contributed by atoms with Gasteiger partial charge in [-0.2, -0.15) is 0 Å². The Kier molecular flexibility index (Phi) is 4.07. The Bertz CT molecular complexity index is 320. The third-order valence-corrected chi connectivity index (χ3v) is 1.19. The van der Waals surface area contributed by atoms with Crippen molar-refractivity contribution in [3.05, 3.63) is 34.2 Å². The summed E-state index contributed by atoms with van der Waals surface area (Å²) in [6, 6.07) is 2.84. The molecule has 66 valence electrons. The quantitative estimate of drug-likeness (QED) is 0.709. The lowest BCUT2D eigenvalue weighted by molar-refractivity contribution is -0.136. The van der Waals surface area contributed by atoms with Gasteiger partial charge in [-0.3, -0.25) is 9.59 Å². The zero-order valence-corrected chi connectivity index (χ0v) is 6.93. The van der Waals surface area contributed by atoms with Crippen molar-refractivity contribution in [2.24, 2.45) is 0 Å². The first-order valence-electron chi connectivity index (χ1n) is 3.08. The maximum absolute atomic E-state index is 10.6. The second kappa shape index (κ2) is 4.56. The van der Waals surface area contributed by atoms with Crippen molar-refractivity contribution in [2.45, 2.75) is 6.42 Å². The molecule has 0 fully saturated rings. The molecule has 0 radical (unpaired) electrons. The summed E-state index contributed by atoms with van der Waals surface area (Å²) >= 11 is 0. The van der Waals surface area contributed by atoms with Crippen molar-refractivity contribution < 1.29 is 9.90 Å². The Morgan fingerprint density at radius 3 is 2.75 bits per heavy atom. The molecule has 0 saturated carbocycles. The predicted octanol–water partition coefficient (Wildman–Crippen LogP) is 0.424. The predicted molar refractivity (Wildman–Crippen MR) is 45.7 cm³/mol. The van der Waals surface area contributed by atoms with Crippen LogP contribution in [0.1, 0.15) is 5.56 Å². The monoisotopic (exact) mass is 189 g/mol. The Hall–Kier alpha value is -1.29. The van der Waals surface area contributed by atoms with Crippen LogP contribution < -0.4 is 5.56 Å². The molecule has 0 atom stereocenters. The van der Waals surface area contributed by atoms with Crippen molar-refractivity contribution in [1.29, 1.82) is 0 Å². The standard InChI is InChI=1S/C7H7NO3.ClH/c9-6-3-5(1-2-8-6)4-7(10)11;/h1-3H,4H2,(H,8,9)(H,10,11);1H. The number of carboxylic acids is 1. The number of pyridine rings is 1. The van der Waals surface area contributed by atoms with Crippen molar-refractivity contribution >= 4 is 18.4 Å². The van der Waals surface area contributed by atoms with Crippen LogP contribution in [0.3, 0.4) is 0 Å². The van der Waals surface area contributed by atoms with Crippen LogP contribution in [0.25, 0.3) is 0 Å². The molecule has 0 aromatic carbocycles. The second-order valence-corrected chi connectivity index (χ2v) is 2.13. The summed E-state index contributed by atoms with van der Waals surface area (Å²) in [5, 5.41) is 8.35. The number of nitrogens with one attached hydrogen (secondary N) is 1. The number of carbonyl (C=O) groups is 1. The van der Waals surface area contributed by atoms with Gasteiger partial charge in [-0.25, -0.2) is 0 Å². The molecule has 0 saturated heterocycles. The van der Waals surface area contributed by atoms with Crippen LogP contribution in [0, 0.1) is 0 Å². The number of H-pyrrole nitrogens is 1. The summed E-state index contributed by atoms with van der Waals surface area (Å²) < 4.78 is 0. The van der Waals surface area contributed by atoms with Gasteiger partial charge in [0.1, 0.15) is 0 Å². The first-order valence-corrected chi connectivity index (χ1v) is 3.08. The molecule has 1 heterocycles. The van der Waals surface area contributed by atoms with E-state index < -0.39 is 5.97 Å². The average molecular weight is 190 g/mol. The van der Waals surface area contributed by atoms with Crippen molar-refractivity contribution in [2.75, 3.05) is 0 Å². The minimum atomic E-state index is -0.935. The number of hydrogen-bond donors (Lipinski definition) is 2. The molecule has 5 heteroatoms. The lowest BCUT2D eigenvalue weighted by Crippen LogP contribution is -2.07. The summed E-state index contributed by atoms with van der Waals surface area (Å²) in [4.78, 5) is 23.2. The van der Waals surface area contributed by atoms with Gasteiger partial charge < -0.3 is 10.1 Å². The van der Waals surface area contributed by atoms with Gasteiger partial charge in [0.05, 0.1) is 6.42 Å². The fourth-order valence-electron chi connectivity index (χ4n) is 0.774. The third-order valence-electron chi connectivity index (χ3n) is 1.19. The normalized spacial score (nSPS) is 8.67. The minimum Gasteiger partial charge on any atom is -0.481 e. The lowest BCUT2D eigenvalue weighted by atomic mass is 10.2. The Morgan fingerprint density at radius 2 is 2.25 bits per heavy atom. The summed E-state index contributed by atoms with van der Waals surface area (Å²) in [5.74, 6) is -0.935. The van der Waals surface area contributed by atoms with E-state index in [1.165, 1.54) is 12.3 Å². The topological polar surface area (TPSA) is 70.2 Å². The van der Waals surface area contributed by atoms with Crippen LogP contribution in [0.15, 0.2) is 23.1 Å². The number of aromatic nitrogens is 1. The number of rotatable bonds is 2. The molecule has 4 nitrogen and oxygen atoms in total. The zero-order chi connectivity index (χ0) is 8.27. The molecule has 1 aromatic heterocycles. The Morgan fingerprint density at radius 1 is 1.58 bits per heavy atom. The van der Waals surface area contributed by atoms with E-state index in [-0.39, 0.29) is 24.4 Å². The van der Waals surface area contributed by atoms with Crippen molar-refractivity contribution in [3.63, 3.8) is 0 Å². The summed E-state index contributed by atoms with van der Waals surface area (Å²) in [5.41, 5.74) is 0.241. The van der Waals surface area contributed by atoms with E-state index in [0.717, 1.165) is 0 Å². The molecular formula is C7H8ClNO3. The molecule has 0 amide bonds. The van der Waals surface area contributed by atoms with Gasteiger partial charge >= 0.3 is 5.97 Å². The fraction of sp³-hybridized carbons (Fsp3) is 0.143. The molecule has 0 aliphatic carbocycles. The van der Waals surface area contributed by atoms with Gasteiger partial charge in [-0.05, 0) is 11.6 Å². The maximum Gasteiger partial charge on any atom is 0.307 e. The molecule has 2 N–H and O–H groups in total. The highest BCUT2D eigenvalue weighted by atomic mass is 35.5. The van der Waals surface area contributed by atoms with E-state index in [4.69, 9.17) is 5.11 Å². The van der Waals surface area contributed by atoms with E-state index in [0.29, 0.717) is 5.56 Å². The summed E-state index contributed by atoms with van der Waals surface area (Å²) in [6.07, 6.45) is 1.32. The second-order valence-electron chi connectivity index (χ2n) is 2.13. The van der Waals surface area contributed by atoms with Gasteiger partial charge in [0.15, 0.2) is 0 Å². The number of carboxylic acid groups (broad SMARTS) is 1. The summed E-state index contributed by atoms with van der Waals surface area (Å²) in [7, 11) is 0. The molecular weight excluding hydrogens is 182 g/mol. The van der Waals surface area contributed by atoms with E-state index in [2.05, 4.69) is 4.98 Å². The largest absolute Gasteiger partial charge is 0.481 e. The highest BCUT2D eigenvalue weighted by molar-refractivity contribution is 5.85. The third kappa shape index (κ3) is 3.21. The summed E-state index contributed by atoms with van der Waals surface area (Å²) in [6.45, 7) is 0. The lowest BCUT2D eigenvalue weighted by Gasteiger charge is -1.92. The van der Waals surface area contributed by atoms with Gasteiger partial charge in [0.25, 0.3) is 0 Å². The molecule has 0 unspecified atom stereocenters. The van der Waals surface area contributed by atoms with Crippen LogP contribution >= 0.6 is 12.4 Å². The Labute approximate surface area is 74.7 Å². The highest BCUT2D eigenvalue weighted by Gasteiger charge is 1.98. The highest BCUT2D eigenvalue weighted by Crippen LogP contribution is 1.93. The molecule has 0 aliphatic rings. The maximum atomic E-state index is 10.6. The number of aromatic amines is 1. The van der Waals surface area contributed by atoms with Gasteiger partial charge in [0, 0.05) is 12.3 Å². The molecule has 0 spiro atoms. The fourth-order valence-corrected chi connectivity index (χ4v) is 0.774. The van der Waals surface area contributed by atoms with Gasteiger partial charge in [-0.1, -0.05) is 0 Å². The number of aliphatic carboxylic acids is 1. The van der Waals surface area contributed by atoms with E-state index >= 15 is 0 Å². The van der Waals surface area contributed by atoms with E-state index in [9.17, 15) is 9.59 Å². The molecule has 1 rings (SSSR count). The number of hydrogen-bond acceptors (Lipinski definition) is 2. The molecule has 0 aliphatic heterocycles. The van der Waals surface area contributed by atoms with E-state index in [1.807, 2.05) is 0 Å². The minimum absolute atomic E-state index is 0. The van der Waals surface area contributed by atoms with E-state index in [1.54, 1.807) is 6.07 Å². The first kappa shape index (κ1) is 10.7. The average Bonchev–Trinajstić information content (AvgIpc) is 1.85. The number of halogens is 1. The smallest absolute Gasteiger partial charge is 0.307 e. The van der Waals surface area contributed by atoms with Crippen LogP contribution in [0.2, 0.25) is 0 Å². The molecule has 12 heavy (non-hydrogen) atoms. The Balaban J connectivity index is 0.00000121. The first-order chi connectivity index (χ1) is 5.18. The van der Waals surface area contributed by atoms with Crippen LogP contribution in [-0.4, -0.2) is 16.1 Å². The van der Waals surface area contributed by atoms with Crippen LogP contribution in [-0.2, 0) is 11.2 Å². The van der Waals surface area contributed by atoms with Crippen molar-refractivity contribution in [1.82, 2.24) is 4.98 Å². The van der Waals surface area contributed by atoms with Gasteiger partial charge in [0.2, 0.25) is 5.56 Å². The molecule has 0 bridgehead atoms. The molecule has 1 aromatic rings.